The smallest absolute Gasteiger partial charge is 0.306 e. The molecule has 81 heavy (non-hydrogen) atoms. The normalized spacial score (nSPS) is 12.2. The van der Waals surface area contributed by atoms with Crippen LogP contribution < -0.4 is 0 Å². The van der Waals surface area contributed by atoms with E-state index in [1.807, 2.05) is 0 Å². The minimum Gasteiger partial charge on any atom is -0.462 e. The van der Waals surface area contributed by atoms with E-state index in [-0.39, 0.29) is 31.1 Å². The number of allylic oxidation sites excluding steroid dienone is 6. The molecule has 0 rings (SSSR count). The summed E-state index contributed by atoms with van der Waals surface area (Å²) >= 11 is 0. The maximum Gasteiger partial charge on any atom is 0.306 e. The Balaban J connectivity index is 4.10. The minimum absolute atomic E-state index is 0.0758. The monoisotopic (exact) mass is 1140 g/mol. The lowest BCUT2D eigenvalue weighted by molar-refractivity contribution is -0.167. The molecular formula is C75H140O6. The molecule has 0 radical (unpaired) electrons. The van der Waals surface area contributed by atoms with E-state index in [2.05, 4.69) is 57.2 Å². The lowest BCUT2D eigenvalue weighted by Crippen LogP contribution is -2.30. The van der Waals surface area contributed by atoms with Crippen LogP contribution in [0.4, 0.5) is 0 Å². The Bertz CT molecular complexity index is 1350. The van der Waals surface area contributed by atoms with Crippen LogP contribution in [0, 0.1) is 0 Å². The first-order valence-electron chi connectivity index (χ1n) is 36.5. The Morgan fingerprint density at radius 1 is 0.247 bits per heavy atom. The number of esters is 3. The summed E-state index contributed by atoms with van der Waals surface area (Å²) in [7, 11) is 0. The van der Waals surface area contributed by atoms with Gasteiger partial charge in [0.1, 0.15) is 13.2 Å². The molecule has 6 heteroatoms. The molecule has 1 atom stereocenters. The van der Waals surface area contributed by atoms with E-state index in [4.69, 9.17) is 14.2 Å². The summed E-state index contributed by atoms with van der Waals surface area (Å²) in [5, 5.41) is 0. The first kappa shape index (κ1) is 78.6. The number of ether oxygens (including phenoxy) is 3. The molecule has 0 bridgehead atoms. The third-order valence-corrected chi connectivity index (χ3v) is 16.6. The van der Waals surface area contributed by atoms with Crippen molar-refractivity contribution in [2.24, 2.45) is 0 Å². The molecule has 1 unspecified atom stereocenters. The van der Waals surface area contributed by atoms with Crippen LogP contribution in [0.2, 0.25) is 0 Å². The molecule has 476 valence electrons. The van der Waals surface area contributed by atoms with E-state index in [1.165, 1.54) is 283 Å². The summed E-state index contributed by atoms with van der Waals surface area (Å²) in [6.45, 7) is 6.65. The fourth-order valence-electron chi connectivity index (χ4n) is 11.1. The molecular weight excluding hydrogens is 997 g/mol. The third-order valence-electron chi connectivity index (χ3n) is 16.6. The van der Waals surface area contributed by atoms with Gasteiger partial charge >= 0.3 is 17.9 Å². The van der Waals surface area contributed by atoms with Crippen LogP contribution in [0.1, 0.15) is 406 Å². The number of unbranched alkanes of at least 4 members (excludes halogenated alkanes) is 51. The first-order valence-corrected chi connectivity index (χ1v) is 36.5. The standard InChI is InChI=1S/C75H140O6/c1-4-7-10-13-16-19-22-25-28-30-31-32-33-34-35-36-37-38-39-40-41-42-43-44-45-46-48-50-53-56-59-62-65-68-74(77)80-71-72(70-79-73(76)67-64-61-58-55-52-49-27-24-21-18-15-12-9-6-3)81-75(78)69-66-63-60-57-54-51-47-29-26-23-20-17-14-11-8-5-2/h15,18,24,27,29,47,72H,4-14,16-17,19-23,25-26,28,30-46,48-71H2,1-3H3/b18-15-,27-24-,47-29-. The number of hydrogen-bond acceptors (Lipinski definition) is 6. The second-order valence-corrected chi connectivity index (χ2v) is 24.9. The Kier molecular flexibility index (Phi) is 68.1. The highest BCUT2D eigenvalue weighted by molar-refractivity contribution is 5.71. The zero-order chi connectivity index (χ0) is 58.5. The minimum atomic E-state index is -0.781. The van der Waals surface area contributed by atoms with Crippen LogP contribution in [0.25, 0.3) is 0 Å². The summed E-state index contributed by atoms with van der Waals surface area (Å²) in [6, 6.07) is 0. The van der Waals surface area contributed by atoms with Crippen molar-refractivity contribution in [1.29, 1.82) is 0 Å². The molecule has 0 spiro atoms. The molecule has 0 aliphatic carbocycles. The molecule has 0 aliphatic rings. The maximum atomic E-state index is 12.9. The van der Waals surface area contributed by atoms with Crippen LogP contribution in [-0.2, 0) is 28.6 Å². The Labute approximate surface area is 506 Å². The van der Waals surface area contributed by atoms with Crippen molar-refractivity contribution in [3.05, 3.63) is 36.5 Å². The van der Waals surface area contributed by atoms with E-state index in [0.29, 0.717) is 19.3 Å². The molecule has 0 heterocycles. The van der Waals surface area contributed by atoms with Gasteiger partial charge in [-0.1, -0.05) is 353 Å². The van der Waals surface area contributed by atoms with Crippen molar-refractivity contribution in [1.82, 2.24) is 0 Å². The van der Waals surface area contributed by atoms with Gasteiger partial charge in [0.25, 0.3) is 0 Å². The first-order chi connectivity index (χ1) is 40.0. The average molecular weight is 1140 g/mol. The van der Waals surface area contributed by atoms with E-state index >= 15 is 0 Å². The molecule has 0 aromatic heterocycles. The molecule has 0 amide bonds. The van der Waals surface area contributed by atoms with Crippen LogP contribution in [0.3, 0.4) is 0 Å². The number of rotatable bonds is 68. The maximum absolute atomic E-state index is 12.9. The summed E-state index contributed by atoms with van der Waals surface area (Å²) in [5.74, 6) is -0.873. The predicted molar refractivity (Wildman–Crippen MR) is 353 cm³/mol. The SMILES string of the molecule is CCCC/C=C\C/C=C\CCCCCCCC(=O)OCC(COC(=O)CCCCCCCCCCCCCCCCCCCCCCCCCCCCCCCCCCC)OC(=O)CCCCCCC/C=C\CCCCCCCCC. The molecule has 0 aliphatic heterocycles. The van der Waals surface area contributed by atoms with Crippen LogP contribution in [0.15, 0.2) is 36.5 Å². The average Bonchev–Trinajstić information content (AvgIpc) is 3.47. The van der Waals surface area contributed by atoms with Gasteiger partial charge in [0.2, 0.25) is 0 Å². The fourth-order valence-corrected chi connectivity index (χ4v) is 11.1. The highest BCUT2D eigenvalue weighted by Crippen LogP contribution is 2.19. The fraction of sp³-hybridized carbons (Fsp3) is 0.880. The van der Waals surface area contributed by atoms with E-state index < -0.39 is 6.10 Å². The van der Waals surface area contributed by atoms with Crippen molar-refractivity contribution >= 4 is 17.9 Å². The quantitative estimate of drug-likeness (QED) is 0.0261. The number of hydrogen-bond donors (Lipinski definition) is 0. The number of carbonyl (C=O) groups excluding carboxylic acids is 3. The van der Waals surface area contributed by atoms with Gasteiger partial charge in [-0.25, -0.2) is 0 Å². The highest BCUT2D eigenvalue weighted by atomic mass is 16.6. The summed E-state index contributed by atoms with van der Waals surface area (Å²) < 4.78 is 17.0. The summed E-state index contributed by atoms with van der Waals surface area (Å²) in [5.41, 5.74) is 0. The number of carbonyl (C=O) groups is 3. The second-order valence-electron chi connectivity index (χ2n) is 24.9. The van der Waals surface area contributed by atoms with Gasteiger partial charge in [-0.05, 0) is 70.6 Å². The van der Waals surface area contributed by atoms with Gasteiger partial charge in [-0.3, -0.25) is 14.4 Å². The summed E-state index contributed by atoms with van der Waals surface area (Å²) in [6.07, 6.45) is 87.7. The predicted octanol–water partition coefficient (Wildman–Crippen LogP) is 25.1. The van der Waals surface area contributed by atoms with Gasteiger partial charge in [0.15, 0.2) is 6.10 Å². The molecule has 0 saturated carbocycles. The van der Waals surface area contributed by atoms with Crippen LogP contribution in [-0.4, -0.2) is 37.2 Å². The largest absolute Gasteiger partial charge is 0.462 e. The molecule has 0 aromatic rings. The van der Waals surface area contributed by atoms with Crippen molar-refractivity contribution in [3.8, 4) is 0 Å². The van der Waals surface area contributed by atoms with Gasteiger partial charge in [-0.2, -0.15) is 0 Å². The molecule has 6 nitrogen and oxygen atoms in total. The van der Waals surface area contributed by atoms with Crippen molar-refractivity contribution in [2.75, 3.05) is 13.2 Å². The Morgan fingerprint density at radius 2 is 0.457 bits per heavy atom. The highest BCUT2D eigenvalue weighted by Gasteiger charge is 2.19. The van der Waals surface area contributed by atoms with Crippen molar-refractivity contribution in [2.45, 2.75) is 412 Å². The third kappa shape index (κ3) is 68.3. The van der Waals surface area contributed by atoms with Gasteiger partial charge in [0, 0.05) is 19.3 Å². The van der Waals surface area contributed by atoms with Gasteiger partial charge < -0.3 is 14.2 Å². The van der Waals surface area contributed by atoms with E-state index in [9.17, 15) is 14.4 Å². The van der Waals surface area contributed by atoms with Gasteiger partial charge in [0.05, 0.1) is 0 Å². The van der Waals surface area contributed by atoms with Gasteiger partial charge in [-0.15, -0.1) is 0 Å². The Morgan fingerprint density at radius 3 is 0.728 bits per heavy atom. The lowest BCUT2D eigenvalue weighted by Gasteiger charge is -2.18. The van der Waals surface area contributed by atoms with Crippen molar-refractivity contribution < 1.29 is 28.6 Å². The van der Waals surface area contributed by atoms with Crippen LogP contribution in [0.5, 0.6) is 0 Å². The Hall–Kier alpha value is -2.37. The molecule has 0 fully saturated rings. The second kappa shape index (κ2) is 70.1. The zero-order valence-electron chi connectivity index (χ0n) is 54.8. The van der Waals surface area contributed by atoms with Crippen molar-refractivity contribution in [3.63, 3.8) is 0 Å². The van der Waals surface area contributed by atoms with E-state index in [1.54, 1.807) is 0 Å². The molecule has 0 N–H and O–H groups in total. The summed E-state index contributed by atoms with van der Waals surface area (Å²) in [4.78, 5) is 38.4. The van der Waals surface area contributed by atoms with E-state index in [0.717, 1.165) is 83.5 Å². The van der Waals surface area contributed by atoms with Crippen LogP contribution >= 0.6 is 0 Å². The molecule has 0 aromatic carbocycles. The topological polar surface area (TPSA) is 78.9 Å². The lowest BCUT2D eigenvalue weighted by atomic mass is 10.0. The zero-order valence-corrected chi connectivity index (χ0v) is 54.8. The molecule has 0 saturated heterocycles.